The molecule has 3 heteroatoms. The van der Waals surface area contributed by atoms with Gasteiger partial charge in [0.25, 0.3) is 0 Å². The lowest BCUT2D eigenvalue weighted by atomic mass is 9.94. The van der Waals surface area contributed by atoms with E-state index in [9.17, 15) is 9.59 Å². The van der Waals surface area contributed by atoms with Crippen molar-refractivity contribution in [3.63, 3.8) is 0 Å². The van der Waals surface area contributed by atoms with Crippen molar-refractivity contribution in [1.29, 1.82) is 0 Å². The van der Waals surface area contributed by atoms with Crippen molar-refractivity contribution in [3.05, 3.63) is 0 Å². The molecule has 0 fully saturated rings. The number of hydrogen-bond donors (Lipinski definition) is 0. The highest BCUT2D eigenvalue weighted by Gasteiger charge is 2.19. The van der Waals surface area contributed by atoms with Crippen LogP contribution in [0.3, 0.4) is 0 Å². The molecule has 0 aromatic heterocycles. The second-order valence-corrected chi connectivity index (χ2v) is 8.70. The Morgan fingerprint density at radius 1 is 0.655 bits per heavy atom. The van der Waals surface area contributed by atoms with E-state index in [0.717, 1.165) is 51.2 Å². The second kappa shape index (κ2) is 23.4. The molecule has 0 rings (SSSR count). The van der Waals surface area contributed by atoms with Gasteiger partial charge < -0.3 is 9.53 Å². The van der Waals surface area contributed by atoms with Gasteiger partial charge in [0.1, 0.15) is 6.29 Å². The minimum atomic E-state index is 0.0249. The Morgan fingerprint density at radius 3 is 1.59 bits per heavy atom. The van der Waals surface area contributed by atoms with Gasteiger partial charge in [0, 0.05) is 6.42 Å². The largest absolute Gasteiger partial charge is 0.465 e. The zero-order chi connectivity index (χ0) is 21.4. The number of hydrogen-bond acceptors (Lipinski definition) is 3. The molecule has 172 valence electrons. The lowest BCUT2D eigenvalue weighted by molar-refractivity contribution is -0.149. The van der Waals surface area contributed by atoms with Crippen LogP contribution in [0.1, 0.15) is 142 Å². The minimum Gasteiger partial charge on any atom is -0.465 e. The van der Waals surface area contributed by atoms with Crippen LogP contribution in [0.15, 0.2) is 0 Å². The molecule has 29 heavy (non-hydrogen) atoms. The molecule has 0 amide bonds. The number of carbonyl (C=O) groups is 2. The number of rotatable bonds is 23. The summed E-state index contributed by atoms with van der Waals surface area (Å²) in [6.45, 7) is 5.02. The SMILES string of the molecule is CCCCCCCCCCC(CCCCCCCC)C(=O)OCCCCCC=O. The van der Waals surface area contributed by atoms with Gasteiger partial charge in [0.15, 0.2) is 0 Å². The van der Waals surface area contributed by atoms with Crippen molar-refractivity contribution in [2.75, 3.05) is 6.61 Å². The van der Waals surface area contributed by atoms with Crippen LogP contribution in [-0.2, 0) is 14.3 Å². The Bertz CT molecular complexity index is 354. The Balaban J connectivity index is 4.03. The van der Waals surface area contributed by atoms with Gasteiger partial charge in [-0.05, 0) is 32.1 Å². The molecule has 0 spiro atoms. The maximum atomic E-state index is 12.6. The molecule has 0 heterocycles. The van der Waals surface area contributed by atoms with Gasteiger partial charge in [-0.3, -0.25) is 4.79 Å². The fourth-order valence-corrected chi connectivity index (χ4v) is 3.87. The summed E-state index contributed by atoms with van der Waals surface area (Å²) in [5.74, 6) is 0.119. The van der Waals surface area contributed by atoms with Gasteiger partial charge in [-0.1, -0.05) is 104 Å². The zero-order valence-electron chi connectivity index (χ0n) is 19.7. The Labute approximate surface area is 181 Å². The average Bonchev–Trinajstić information content (AvgIpc) is 2.73. The van der Waals surface area contributed by atoms with E-state index in [0.29, 0.717) is 13.0 Å². The molecule has 0 saturated heterocycles. The highest BCUT2D eigenvalue weighted by atomic mass is 16.5. The maximum absolute atomic E-state index is 12.6. The van der Waals surface area contributed by atoms with Crippen LogP contribution >= 0.6 is 0 Å². The van der Waals surface area contributed by atoms with E-state index in [1.165, 1.54) is 77.0 Å². The standard InChI is InChI=1S/C26H50O3/c1-3-5-7-9-11-12-14-18-22-25(21-17-13-10-8-6-4-2)26(28)29-24-20-16-15-19-23-27/h23,25H,3-22,24H2,1-2H3. The molecule has 0 aromatic rings. The predicted molar refractivity (Wildman–Crippen MR) is 124 cm³/mol. The molecule has 0 N–H and O–H groups in total. The first-order valence-electron chi connectivity index (χ1n) is 12.9. The summed E-state index contributed by atoms with van der Waals surface area (Å²) in [6, 6.07) is 0. The maximum Gasteiger partial charge on any atom is 0.308 e. The van der Waals surface area contributed by atoms with Crippen molar-refractivity contribution >= 4 is 12.3 Å². The first-order valence-corrected chi connectivity index (χ1v) is 12.9. The summed E-state index contributed by atoms with van der Waals surface area (Å²) in [4.78, 5) is 22.9. The van der Waals surface area contributed by atoms with Gasteiger partial charge in [0.05, 0.1) is 12.5 Å². The van der Waals surface area contributed by atoms with Crippen molar-refractivity contribution < 1.29 is 14.3 Å². The number of ether oxygens (including phenoxy) is 1. The molecular formula is C26H50O3. The second-order valence-electron chi connectivity index (χ2n) is 8.70. The fraction of sp³-hybridized carbons (Fsp3) is 0.923. The normalized spacial score (nSPS) is 12.1. The lowest BCUT2D eigenvalue weighted by Crippen LogP contribution is -2.18. The molecule has 0 saturated carbocycles. The fourth-order valence-electron chi connectivity index (χ4n) is 3.87. The number of carbonyl (C=O) groups excluding carboxylic acids is 2. The quantitative estimate of drug-likeness (QED) is 0.0968. The third-order valence-corrected chi connectivity index (χ3v) is 5.86. The van der Waals surface area contributed by atoms with Crippen LogP contribution in [0.2, 0.25) is 0 Å². The average molecular weight is 411 g/mol. The van der Waals surface area contributed by atoms with E-state index in [1.54, 1.807) is 0 Å². The van der Waals surface area contributed by atoms with E-state index < -0.39 is 0 Å². The predicted octanol–water partition coefficient (Wildman–Crippen LogP) is 8.19. The zero-order valence-corrected chi connectivity index (χ0v) is 19.7. The van der Waals surface area contributed by atoms with Crippen molar-refractivity contribution in [2.45, 2.75) is 142 Å². The molecule has 0 aliphatic carbocycles. The van der Waals surface area contributed by atoms with Gasteiger partial charge in [-0.15, -0.1) is 0 Å². The molecule has 0 bridgehead atoms. The highest BCUT2D eigenvalue weighted by molar-refractivity contribution is 5.72. The van der Waals surface area contributed by atoms with Crippen molar-refractivity contribution in [3.8, 4) is 0 Å². The molecule has 0 aliphatic heterocycles. The minimum absolute atomic E-state index is 0.0249. The van der Waals surface area contributed by atoms with E-state index in [2.05, 4.69) is 13.8 Å². The number of esters is 1. The topological polar surface area (TPSA) is 43.4 Å². The monoisotopic (exact) mass is 410 g/mol. The molecular weight excluding hydrogens is 360 g/mol. The summed E-state index contributed by atoms with van der Waals surface area (Å²) >= 11 is 0. The first-order chi connectivity index (χ1) is 14.3. The summed E-state index contributed by atoms with van der Waals surface area (Å²) in [5.41, 5.74) is 0. The molecule has 0 radical (unpaired) electrons. The molecule has 3 nitrogen and oxygen atoms in total. The third kappa shape index (κ3) is 20.2. The highest BCUT2D eigenvalue weighted by Crippen LogP contribution is 2.21. The van der Waals surface area contributed by atoms with Gasteiger partial charge >= 0.3 is 5.97 Å². The van der Waals surface area contributed by atoms with Gasteiger partial charge in [0.2, 0.25) is 0 Å². The van der Waals surface area contributed by atoms with E-state index >= 15 is 0 Å². The summed E-state index contributed by atoms with van der Waals surface area (Å²) in [6.07, 6.45) is 24.4. The lowest BCUT2D eigenvalue weighted by Gasteiger charge is -2.16. The first kappa shape index (κ1) is 28.1. The van der Waals surface area contributed by atoms with Crippen LogP contribution in [-0.4, -0.2) is 18.9 Å². The number of unbranched alkanes of at least 4 members (excludes halogenated alkanes) is 15. The van der Waals surface area contributed by atoms with Crippen LogP contribution in [0, 0.1) is 5.92 Å². The van der Waals surface area contributed by atoms with Crippen molar-refractivity contribution in [1.82, 2.24) is 0 Å². The van der Waals surface area contributed by atoms with E-state index in [-0.39, 0.29) is 11.9 Å². The van der Waals surface area contributed by atoms with Crippen LogP contribution < -0.4 is 0 Å². The summed E-state index contributed by atoms with van der Waals surface area (Å²) in [5, 5.41) is 0. The third-order valence-electron chi connectivity index (χ3n) is 5.86. The van der Waals surface area contributed by atoms with E-state index in [1.807, 2.05) is 0 Å². The smallest absolute Gasteiger partial charge is 0.308 e. The Morgan fingerprint density at radius 2 is 1.10 bits per heavy atom. The Hall–Kier alpha value is -0.860. The molecule has 0 aliphatic rings. The molecule has 1 unspecified atom stereocenters. The van der Waals surface area contributed by atoms with Gasteiger partial charge in [-0.2, -0.15) is 0 Å². The van der Waals surface area contributed by atoms with Crippen LogP contribution in [0.5, 0.6) is 0 Å². The van der Waals surface area contributed by atoms with Crippen molar-refractivity contribution in [2.24, 2.45) is 5.92 Å². The van der Waals surface area contributed by atoms with Gasteiger partial charge in [-0.25, -0.2) is 0 Å². The number of aldehydes is 1. The molecule has 0 aromatic carbocycles. The summed E-state index contributed by atoms with van der Waals surface area (Å²) < 4.78 is 5.58. The van der Waals surface area contributed by atoms with E-state index in [4.69, 9.17) is 4.74 Å². The van der Waals surface area contributed by atoms with Crippen LogP contribution in [0.4, 0.5) is 0 Å². The Kier molecular flexibility index (Phi) is 22.7. The molecule has 1 atom stereocenters. The van der Waals surface area contributed by atoms with Crippen LogP contribution in [0.25, 0.3) is 0 Å². The summed E-state index contributed by atoms with van der Waals surface area (Å²) in [7, 11) is 0.